The van der Waals surface area contributed by atoms with E-state index < -0.39 is 6.03 Å². The van der Waals surface area contributed by atoms with Crippen LogP contribution >= 0.6 is 15.9 Å². The molecule has 0 saturated heterocycles. The summed E-state index contributed by atoms with van der Waals surface area (Å²) < 4.78 is 7.80. The summed E-state index contributed by atoms with van der Waals surface area (Å²) in [5.41, 5.74) is 2.16. The molecule has 22 heavy (non-hydrogen) atoms. The van der Waals surface area contributed by atoms with Crippen molar-refractivity contribution in [3.8, 4) is 0 Å². The van der Waals surface area contributed by atoms with E-state index in [1.807, 2.05) is 10.5 Å². The van der Waals surface area contributed by atoms with E-state index in [1.165, 1.54) is 0 Å². The zero-order valence-electron chi connectivity index (χ0n) is 11.4. The fourth-order valence-corrected chi connectivity index (χ4v) is 2.68. The van der Waals surface area contributed by atoms with Crippen LogP contribution < -0.4 is 10.6 Å². The molecule has 1 aliphatic carbocycles. The van der Waals surface area contributed by atoms with Crippen LogP contribution in [-0.2, 0) is 0 Å². The van der Waals surface area contributed by atoms with Gasteiger partial charge >= 0.3 is 6.03 Å². The number of imidazole rings is 1. The zero-order chi connectivity index (χ0) is 15.1. The molecule has 0 unspecified atom stereocenters. The Morgan fingerprint density at radius 1 is 1.36 bits per heavy atom. The minimum Gasteiger partial charge on any atom is -0.338 e. The van der Waals surface area contributed by atoms with Gasteiger partial charge in [0.15, 0.2) is 5.65 Å². The largest absolute Gasteiger partial charge is 0.338 e. The lowest BCUT2D eigenvalue weighted by atomic mass is 10.3. The molecule has 0 radical (unpaired) electrons. The van der Waals surface area contributed by atoms with Crippen molar-refractivity contribution in [1.29, 1.82) is 0 Å². The Morgan fingerprint density at radius 3 is 3.05 bits per heavy atom. The summed E-state index contributed by atoms with van der Waals surface area (Å²) in [7, 11) is 0. The monoisotopic (exact) mass is 361 g/mol. The summed E-state index contributed by atoms with van der Waals surface area (Å²) in [6.07, 6.45) is 5.74. The average molecular weight is 362 g/mol. The molecule has 3 aromatic rings. The Morgan fingerprint density at radius 2 is 2.23 bits per heavy atom. The predicted molar refractivity (Wildman–Crippen MR) is 84.0 cm³/mol. The lowest BCUT2D eigenvalue weighted by molar-refractivity contribution is 0.261. The van der Waals surface area contributed by atoms with Gasteiger partial charge in [0.2, 0.25) is 5.88 Å². The van der Waals surface area contributed by atoms with Gasteiger partial charge in [0.1, 0.15) is 0 Å². The number of carbonyl (C=O) groups excluding carboxylic acids is 1. The summed E-state index contributed by atoms with van der Waals surface area (Å²) in [4.78, 5) is 16.3. The fraction of sp³-hybridized carbons (Fsp3) is 0.214. The quantitative estimate of drug-likeness (QED) is 0.697. The van der Waals surface area contributed by atoms with E-state index in [1.54, 1.807) is 24.5 Å². The van der Waals surface area contributed by atoms with E-state index in [4.69, 9.17) is 4.52 Å². The SMILES string of the molecule is O=C(Nc1cc(C2CC2)no1)Nc1ccc(Br)n2ccnc12. The lowest BCUT2D eigenvalue weighted by Gasteiger charge is -2.07. The number of halogens is 1. The number of carbonyl (C=O) groups is 1. The minimum absolute atomic E-state index is 0.343. The maximum absolute atomic E-state index is 12.1. The lowest BCUT2D eigenvalue weighted by Crippen LogP contribution is -2.19. The number of pyridine rings is 1. The Hall–Kier alpha value is -2.35. The van der Waals surface area contributed by atoms with Crippen LogP contribution in [0.5, 0.6) is 0 Å². The molecule has 1 aliphatic rings. The molecule has 1 saturated carbocycles. The smallest absolute Gasteiger partial charge is 0.326 e. The topological polar surface area (TPSA) is 84.5 Å². The van der Waals surface area contributed by atoms with Crippen LogP contribution in [0.4, 0.5) is 16.4 Å². The molecule has 0 bridgehead atoms. The van der Waals surface area contributed by atoms with Crippen molar-refractivity contribution in [2.45, 2.75) is 18.8 Å². The van der Waals surface area contributed by atoms with Crippen LogP contribution in [0.1, 0.15) is 24.5 Å². The number of urea groups is 1. The molecule has 7 nitrogen and oxygen atoms in total. The van der Waals surface area contributed by atoms with Crippen LogP contribution in [0.25, 0.3) is 5.65 Å². The molecule has 0 spiro atoms. The molecule has 0 aromatic carbocycles. The highest BCUT2D eigenvalue weighted by Gasteiger charge is 2.27. The van der Waals surface area contributed by atoms with Crippen molar-refractivity contribution in [2.75, 3.05) is 10.6 Å². The molecule has 3 heterocycles. The zero-order valence-corrected chi connectivity index (χ0v) is 13.0. The number of rotatable bonds is 3. The Bertz CT molecular complexity index is 852. The highest BCUT2D eigenvalue weighted by molar-refractivity contribution is 9.10. The van der Waals surface area contributed by atoms with E-state index in [2.05, 4.69) is 36.7 Å². The molecule has 4 rings (SSSR count). The summed E-state index contributed by atoms with van der Waals surface area (Å²) in [6, 6.07) is 4.99. The second kappa shape index (κ2) is 5.13. The Labute approximate surface area is 133 Å². The number of nitrogens with zero attached hydrogens (tertiary/aromatic N) is 3. The number of amides is 2. The molecule has 3 aromatic heterocycles. The van der Waals surface area contributed by atoms with E-state index in [-0.39, 0.29) is 0 Å². The summed E-state index contributed by atoms with van der Waals surface area (Å²) in [5, 5.41) is 9.35. The average Bonchev–Trinajstić information content (AvgIpc) is 3.04. The van der Waals surface area contributed by atoms with Gasteiger partial charge in [0.25, 0.3) is 0 Å². The molecular weight excluding hydrogens is 350 g/mol. The highest BCUT2D eigenvalue weighted by atomic mass is 79.9. The van der Waals surface area contributed by atoms with Crippen LogP contribution in [0, 0.1) is 0 Å². The van der Waals surface area contributed by atoms with Crippen LogP contribution in [0.3, 0.4) is 0 Å². The number of hydrogen-bond acceptors (Lipinski definition) is 4. The van der Waals surface area contributed by atoms with Crippen molar-refractivity contribution >= 4 is 39.2 Å². The van der Waals surface area contributed by atoms with Crippen molar-refractivity contribution in [3.05, 3.63) is 40.9 Å². The van der Waals surface area contributed by atoms with Gasteiger partial charge < -0.3 is 9.84 Å². The molecular formula is C14H12BrN5O2. The van der Waals surface area contributed by atoms with Crippen molar-refractivity contribution in [3.63, 3.8) is 0 Å². The van der Waals surface area contributed by atoms with Crippen LogP contribution in [-0.4, -0.2) is 20.6 Å². The number of fused-ring (bicyclic) bond motifs is 1. The third kappa shape index (κ3) is 2.45. The summed E-state index contributed by atoms with van der Waals surface area (Å²) >= 11 is 3.42. The van der Waals surface area contributed by atoms with Gasteiger partial charge in [-0.1, -0.05) is 5.16 Å². The van der Waals surface area contributed by atoms with Crippen molar-refractivity contribution < 1.29 is 9.32 Å². The normalized spacial score (nSPS) is 14.2. The van der Waals surface area contributed by atoms with Gasteiger partial charge in [-0.3, -0.25) is 9.72 Å². The molecule has 112 valence electrons. The predicted octanol–water partition coefficient (Wildman–Crippen LogP) is 3.61. The van der Waals surface area contributed by atoms with E-state index in [0.29, 0.717) is 23.1 Å². The number of anilines is 2. The van der Waals surface area contributed by atoms with Crippen LogP contribution in [0.2, 0.25) is 0 Å². The van der Waals surface area contributed by atoms with E-state index in [0.717, 1.165) is 23.1 Å². The van der Waals surface area contributed by atoms with Crippen molar-refractivity contribution in [2.24, 2.45) is 0 Å². The molecule has 0 aliphatic heterocycles. The van der Waals surface area contributed by atoms with Crippen LogP contribution in [0.15, 0.2) is 39.7 Å². The maximum atomic E-state index is 12.1. The Balaban J connectivity index is 1.50. The van der Waals surface area contributed by atoms with Gasteiger partial charge in [-0.15, -0.1) is 0 Å². The molecule has 2 N–H and O–H groups in total. The Kier molecular flexibility index (Phi) is 3.11. The first-order valence-electron chi connectivity index (χ1n) is 6.87. The summed E-state index contributed by atoms with van der Waals surface area (Å²) in [6.45, 7) is 0. The number of aromatic nitrogens is 3. The number of hydrogen-bond donors (Lipinski definition) is 2. The molecule has 1 fully saturated rings. The first kappa shape index (κ1) is 13.3. The maximum Gasteiger partial charge on any atom is 0.326 e. The second-order valence-electron chi connectivity index (χ2n) is 5.16. The molecule has 0 atom stereocenters. The molecule has 8 heteroatoms. The van der Waals surface area contributed by atoms with Crippen molar-refractivity contribution in [1.82, 2.24) is 14.5 Å². The van der Waals surface area contributed by atoms with Gasteiger partial charge in [-0.25, -0.2) is 9.78 Å². The van der Waals surface area contributed by atoms with E-state index >= 15 is 0 Å². The number of nitrogens with one attached hydrogen (secondary N) is 2. The third-order valence-corrected chi connectivity index (χ3v) is 4.15. The molecule has 2 amide bonds. The second-order valence-corrected chi connectivity index (χ2v) is 5.97. The first-order chi connectivity index (χ1) is 10.7. The fourth-order valence-electron chi connectivity index (χ4n) is 2.26. The highest BCUT2D eigenvalue weighted by Crippen LogP contribution is 2.40. The van der Waals surface area contributed by atoms with Gasteiger partial charge in [-0.05, 0) is 40.9 Å². The third-order valence-electron chi connectivity index (χ3n) is 3.51. The van der Waals surface area contributed by atoms with Gasteiger partial charge in [-0.2, -0.15) is 0 Å². The van der Waals surface area contributed by atoms with E-state index in [9.17, 15) is 4.79 Å². The minimum atomic E-state index is -0.397. The van der Waals surface area contributed by atoms with Gasteiger partial charge in [0, 0.05) is 24.4 Å². The summed E-state index contributed by atoms with van der Waals surface area (Å²) in [5.74, 6) is 0.828. The van der Waals surface area contributed by atoms with Gasteiger partial charge in [0.05, 0.1) is 16.0 Å². The standard InChI is InChI=1S/C14H12BrN5O2/c15-11-4-3-9(13-16-5-6-20(11)13)17-14(21)18-12-7-10(19-22-12)8-1-2-8/h3-8H,1-2H2,(H2,17,18,21). The first-order valence-corrected chi connectivity index (χ1v) is 7.66.